The number of anilines is 1. The Bertz CT molecular complexity index is 842. The van der Waals surface area contributed by atoms with Crippen LogP contribution in [0.2, 0.25) is 0 Å². The van der Waals surface area contributed by atoms with E-state index < -0.39 is 11.9 Å². The van der Waals surface area contributed by atoms with Crippen LogP contribution in [0.3, 0.4) is 0 Å². The van der Waals surface area contributed by atoms with Crippen molar-refractivity contribution < 1.29 is 19.1 Å². The number of benzene rings is 2. The third-order valence-electron chi connectivity index (χ3n) is 3.39. The number of carbonyl (C=O) groups is 3. The van der Waals surface area contributed by atoms with Crippen molar-refractivity contribution in [2.45, 2.75) is 17.7 Å². The Morgan fingerprint density at radius 1 is 1.12 bits per heavy atom. The third kappa shape index (κ3) is 5.60. The molecule has 0 fully saturated rings. The number of hydrogen-bond acceptors (Lipinski definition) is 5. The first kappa shape index (κ1) is 20.0. The molecule has 0 aromatic heterocycles. The molecule has 0 radical (unpaired) electrons. The summed E-state index contributed by atoms with van der Waals surface area (Å²) in [4.78, 5) is 36.3. The number of amides is 2. The lowest BCUT2D eigenvalue weighted by Crippen LogP contribution is -2.20. The minimum absolute atomic E-state index is 0.0211. The summed E-state index contributed by atoms with van der Waals surface area (Å²) in [7, 11) is 1.49. The van der Waals surface area contributed by atoms with Crippen LogP contribution in [0.4, 0.5) is 5.69 Å². The summed E-state index contributed by atoms with van der Waals surface area (Å²) in [6.07, 6.45) is -0.0569. The fourth-order valence-electron chi connectivity index (χ4n) is 2.05. The van der Waals surface area contributed by atoms with E-state index in [1.165, 1.54) is 13.1 Å². The van der Waals surface area contributed by atoms with Crippen LogP contribution >= 0.6 is 28.6 Å². The maximum Gasteiger partial charge on any atom is 0.311 e. The zero-order chi connectivity index (χ0) is 19.1. The van der Waals surface area contributed by atoms with Gasteiger partial charge in [0.15, 0.2) is 0 Å². The first-order valence-corrected chi connectivity index (χ1v) is 8.95. The van der Waals surface area contributed by atoms with Gasteiger partial charge >= 0.3 is 5.97 Å². The Hall–Kier alpha value is -2.32. The molecular formula is C18H17BrN2O4S. The van der Waals surface area contributed by atoms with Gasteiger partial charge in [-0.25, -0.2) is 0 Å². The fraction of sp³-hybridized carbons (Fsp3) is 0.167. The molecule has 0 heterocycles. The molecule has 0 aliphatic heterocycles. The Morgan fingerprint density at radius 2 is 1.85 bits per heavy atom. The van der Waals surface area contributed by atoms with E-state index in [0.717, 1.165) is 4.47 Å². The minimum atomic E-state index is -0.588. The second-order valence-corrected chi connectivity index (χ2v) is 6.60. The first-order valence-electron chi connectivity index (χ1n) is 7.71. The van der Waals surface area contributed by atoms with Crippen LogP contribution in [0.5, 0.6) is 5.75 Å². The predicted octanol–water partition coefficient (Wildman–Crippen LogP) is 3.42. The lowest BCUT2D eigenvalue weighted by molar-refractivity contribution is -0.136. The third-order valence-corrected chi connectivity index (χ3v) is 4.76. The molecule has 2 aromatic carbocycles. The van der Waals surface area contributed by atoms with E-state index in [2.05, 4.69) is 39.2 Å². The van der Waals surface area contributed by atoms with Crippen molar-refractivity contribution in [3.8, 4) is 5.75 Å². The van der Waals surface area contributed by atoms with Gasteiger partial charge < -0.3 is 15.4 Å². The predicted molar refractivity (Wildman–Crippen MR) is 105 cm³/mol. The summed E-state index contributed by atoms with van der Waals surface area (Å²) in [5.41, 5.74) is 0.772. The lowest BCUT2D eigenvalue weighted by Gasteiger charge is -2.11. The number of rotatable bonds is 6. The van der Waals surface area contributed by atoms with Gasteiger partial charge in [0.05, 0.1) is 12.0 Å². The Balaban J connectivity index is 2.09. The summed E-state index contributed by atoms with van der Waals surface area (Å²) in [5, 5.41) is 5.16. The standard InChI is InChI=1S/C18H17BrN2O4S/c1-20-16(22)8-9-17(23)25-14-5-3-2-4-12(14)18(24)21-11-6-7-13(19)15(26)10-11/h2-7,10,26H,8-9H2,1H3,(H,20,22)(H,21,24). The van der Waals surface area contributed by atoms with Crippen molar-refractivity contribution in [3.05, 3.63) is 52.5 Å². The average molecular weight is 437 g/mol. The van der Waals surface area contributed by atoms with E-state index in [1.54, 1.807) is 36.4 Å². The second kappa shape index (κ2) is 9.40. The Morgan fingerprint density at radius 3 is 2.54 bits per heavy atom. The van der Waals surface area contributed by atoms with Crippen molar-refractivity contribution in [3.63, 3.8) is 0 Å². The number of halogens is 1. The van der Waals surface area contributed by atoms with E-state index in [9.17, 15) is 14.4 Å². The largest absolute Gasteiger partial charge is 0.426 e. The highest BCUT2D eigenvalue weighted by Crippen LogP contribution is 2.25. The van der Waals surface area contributed by atoms with Gasteiger partial charge in [-0.15, -0.1) is 12.6 Å². The first-order chi connectivity index (χ1) is 12.4. The number of esters is 1. The Labute approximate surface area is 164 Å². The van der Waals surface area contributed by atoms with Crippen LogP contribution in [-0.2, 0) is 9.59 Å². The molecule has 0 saturated carbocycles. The summed E-state index contributed by atoms with van der Waals surface area (Å²) in [6, 6.07) is 11.6. The molecule has 0 bridgehead atoms. The molecule has 8 heteroatoms. The number of para-hydroxylation sites is 1. The molecule has 0 atom stereocenters. The van der Waals surface area contributed by atoms with Gasteiger partial charge in [0.2, 0.25) is 5.91 Å². The summed E-state index contributed by atoms with van der Waals surface area (Å²) < 4.78 is 6.05. The zero-order valence-electron chi connectivity index (χ0n) is 13.9. The molecule has 2 amide bonds. The molecule has 6 nitrogen and oxygen atoms in total. The minimum Gasteiger partial charge on any atom is -0.426 e. The molecule has 0 aliphatic rings. The normalized spacial score (nSPS) is 10.1. The number of carbonyl (C=O) groups excluding carboxylic acids is 3. The quantitative estimate of drug-likeness (QED) is 0.367. The Kier molecular flexibility index (Phi) is 7.23. The van der Waals surface area contributed by atoms with Crippen LogP contribution in [0.1, 0.15) is 23.2 Å². The van der Waals surface area contributed by atoms with Crippen molar-refractivity contribution in [2.24, 2.45) is 0 Å². The zero-order valence-corrected chi connectivity index (χ0v) is 16.4. The van der Waals surface area contributed by atoms with Gasteiger partial charge in [-0.2, -0.15) is 0 Å². The molecule has 0 unspecified atom stereocenters. The smallest absolute Gasteiger partial charge is 0.311 e. The van der Waals surface area contributed by atoms with Crippen LogP contribution in [0, 0.1) is 0 Å². The fourth-order valence-corrected chi connectivity index (χ4v) is 2.51. The van der Waals surface area contributed by atoms with Crippen molar-refractivity contribution in [1.82, 2.24) is 5.32 Å². The number of hydrogen-bond donors (Lipinski definition) is 3. The SMILES string of the molecule is CNC(=O)CCC(=O)Oc1ccccc1C(=O)Nc1ccc(Br)c(S)c1. The molecule has 0 saturated heterocycles. The highest BCUT2D eigenvalue weighted by Gasteiger charge is 2.16. The van der Waals surface area contributed by atoms with E-state index in [-0.39, 0.29) is 30.1 Å². The summed E-state index contributed by atoms with van der Waals surface area (Å²) >= 11 is 7.62. The number of nitrogens with one attached hydrogen (secondary N) is 2. The van der Waals surface area contributed by atoms with Gasteiger partial charge in [0, 0.05) is 28.5 Å². The van der Waals surface area contributed by atoms with Crippen LogP contribution < -0.4 is 15.4 Å². The van der Waals surface area contributed by atoms with Gasteiger partial charge in [-0.05, 0) is 46.3 Å². The summed E-state index contributed by atoms with van der Waals surface area (Å²) in [6.45, 7) is 0. The van der Waals surface area contributed by atoms with E-state index in [1.807, 2.05) is 0 Å². The molecule has 0 spiro atoms. The lowest BCUT2D eigenvalue weighted by atomic mass is 10.1. The van der Waals surface area contributed by atoms with Crippen molar-refractivity contribution in [2.75, 3.05) is 12.4 Å². The average Bonchev–Trinajstić information content (AvgIpc) is 2.63. The second-order valence-electron chi connectivity index (χ2n) is 5.26. The van der Waals surface area contributed by atoms with E-state index >= 15 is 0 Å². The van der Waals surface area contributed by atoms with Gasteiger partial charge in [0.1, 0.15) is 5.75 Å². The van der Waals surface area contributed by atoms with E-state index in [0.29, 0.717) is 10.6 Å². The van der Waals surface area contributed by atoms with Crippen LogP contribution in [0.15, 0.2) is 51.8 Å². The van der Waals surface area contributed by atoms with Crippen LogP contribution in [-0.4, -0.2) is 24.8 Å². The monoisotopic (exact) mass is 436 g/mol. The van der Waals surface area contributed by atoms with Gasteiger partial charge in [0.25, 0.3) is 5.91 Å². The molecule has 2 aromatic rings. The molecule has 2 N–H and O–H groups in total. The molecule has 26 heavy (non-hydrogen) atoms. The van der Waals surface area contributed by atoms with Crippen molar-refractivity contribution >= 4 is 52.0 Å². The number of ether oxygens (including phenoxy) is 1. The molecule has 136 valence electrons. The van der Waals surface area contributed by atoms with E-state index in [4.69, 9.17) is 4.74 Å². The molecule has 0 aliphatic carbocycles. The molecular weight excluding hydrogens is 420 g/mol. The number of thiol groups is 1. The van der Waals surface area contributed by atoms with Crippen LogP contribution in [0.25, 0.3) is 0 Å². The van der Waals surface area contributed by atoms with Crippen molar-refractivity contribution in [1.29, 1.82) is 0 Å². The summed E-state index contributed by atoms with van der Waals surface area (Å²) in [5.74, 6) is -1.13. The topological polar surface area (TPSA) is 84.5 Å². The maximum atomic E-state index is 12.5. The highest BCUT2D eigenvalue weighted by molar-refractivity contribution is 9.10. The van der Waals surface area contributed by atoms with Gasteiger partial charge in [-0.1, -0.05) is 12.1 Å². The van der Waals surface area contributed by atoms with Gasteiger partial charge in [-0.3, -0.25) is 14.4 Å². The maximum absolute atomic E-state index is 12.5. The molecule has 2 rings (SSSR count). The highest BCUT2D eigenvalue weighted by atomic mass is 79.9.